The lowest BCUT2D eigenvalue weighted by atomic mass is 9.96. The second-order valence-corrected chi connectivity index (χ2v) is 15.8. The van der Waals surface area contributed by atoms with E-state index in [0.717, 1.165) is 47.9 Å². The Balaban J connectivity index is 1.26. The number of halogens is 2. The minimum Gasteiger partial charge on any atom is -0.355 e. The van der Waals surface area contributed by atoms with Gasteiger partial charge in [0.25, 0.3) is 0 Å². The predicted octanol–water partition coefficient (Wildman–Crippen LogP) is 4.69. The molecule has 0 spiro atoms. The van der Waals surface area contributed by atoms with Crippen molar-refractivity contribution in [2.75, 3.05) is 6.54 Å². The van der Waals surface area contributed by atoms with E-state index in [-0.39, 0.29) is 53.5 Å². The van der Waals surface area contributed by atoms with Gasteiger partial charge in [-0.25, -0.2) is 9.97 Å². The van der Waals surface area contributed by atoms with Gasteiger partial charge in [-0.2, -0.15) is 5.10 Å². The van der Waals surface area contributed by atoms with Crippen molar-refractivity contribution >= 4 is 57.6 Å². The topological polar surface area (TPSA) is 139 Å². The molecule has 254 valence electrons. The maximum Gasteiger partial charge on any atom is 0.245 e. The molecule has 2 saturated carbocycles. The van der Waals surface area contributed by atoms with E-state index in [0.29, 0.717) is 55.6 Å². The predicted molar refractivity (Wildman–Crippen MR) is 182 cm³/mol. The van der Waals surface area contributed by atoms with Crippen molar-refractivity contribution in [2.24, 2.45) is 11.3 Å². The number of benzene rings is 1. The fraction of sp³-hybridized carbons (Fsp3) is 0.571. The molecule has 3 amide bonds. The summed E-state index contributed by atoms with van der Waals surface area (Å²) in [5, 5.41) is 11.6. The van der Waals surface area contributed by atoms with Crippen LogP contribution in [0.3, 0.4) is 0 Å². The van der Waals surface area contributed by atoms with Crippen LogP contribution in [0.5, 0.6) is 0 Å². The molecule has 5 atom stereocenters. The van der Waals surface area contributed by atoms with Gasteiger partial charge < -0.3 is 15.5 Å². The van der Waals surface area contributed by atoms with Crippen molar-refractivity contribution in [3.05, 3.63) is 41.6 Å². The van der Waals surface area contributed by atoms with Crippen LogP contribution in [0.4, 0.5) is 0 Å². The molecule has 1 aromatic carbocycles. The van der Waals surface area contributed by atoms with E-state index >= 15 is 0 Å². The highest BCUT2D eigenvalue weighted by Gasteiger charge is 2.67. The highest BCUT2D eigenvalue weighted by atomic mass is 35.5. The molecule has 0 radical (unpaired) electrons. The minimum absolute atomic E-state index is 0.000311. The lowest BCUT2D eigenvalue weighted by Gasteiger charge is -2.28. The van der Waals surface area contributed by atoms with Crippen molar-refractivity contribution in [1.29, 1.82) is 0 Å². The van der Waals surface area contributed by atoms with Gasteiger partial charge in [0.2, 0.25) is 17.7 Å². The molecule has 13 heteroatoms. The molecular formula is C35H41Cl2N7O4. The number of piperidine rings is 1. The standard InChI is InChI=1S/C35H41Cl2N7O4/c1-19(26-12-35(26,36)37)41-33(48)27-13-34-14-28(34)44(27)30(47)17-43-32-22(8-6-4-5-7-9-29(46)40-18-34)10-23(24-15-38-21(3)39-16-24)11-25(32)31(42-43)20(2)45/h10-11,15-16,19,26-28H,4-9,12-14,17-18H2,1-3H3,(H,40,46)(H,41,48)/t19-,26+,27-,28+,34-/m0/s1. The summed E-state index contributed by atoms with van der Waals surface area (Å²) >= 11 is 12.6. The zero-order chi connectivity index (χ0) is 34.0. The molecule has 2 aromatic heterocycles. The number of carbonyl (C=O) groups excluding carboxylic acids is 4. The van der Waals surface area contributed by atoms with Gasteiger partial charge in [0.1, 0.15) is 28.4 Å². The number of carbonyl (C=O) groups is 4. The van der Waals surface area contributed by atoms with Crippen LogP contribution in [0.1, 0.15) is 87.1 Å². The van der Waals surface area contributed by atoms with Crippen LogP contribution >= 0.6 is 23.2 Å². The molecule has 4 heterocycles. The molecule has 0 unspecified atom stereocenters. The van der Waals surface area contributed by atoms with Crippen LogP contribution in [0.15, 0.2) is 24.5 Å². The number of aromatic nitrogens is 4. The van der Waals surface area contributed by atoms with Crippen molar-refractivity contribution < 1.29 is 19.2 Å². The summed E-state index contributed by atoms with van der Waals surface area (Å²) in [6.07, 6.45) is 9.91. The first-order chi connectivity index (χ1) is 22.9. The van der Waals surface area contributed by atoms with Crippen LogP contribution in [0.25, 0.3) is 22.0 Å². The lowest BCUT2D eigenvalue weighted by molar-refractivity contribution is -0.140. The average molecular weight is 695 g/mol. The first kappa shape index (κ1) is 33.0. The SMILES string of the molecule is CC(=O)c1nn2c3c(cc(-c4cnc(C)nc4)cc13)CCCCCCC(=O)NC[C@@]13C[C@@H](C(=O)N[C@@H](C)[C@H]4CC4(Cl)Cl)N(C(=O)C2)[C@@H]1C3. The number of nitrogens with one attached hydrogen (secondary N) is 2. The molecule has 48 heavy (non-hydrogen) atoms. The number of hydrogen-bond donors (Lipinski definition) is 2. The van der Waals surface area contributed by atoms with E-state index in [1.807, 2.05) is 19.9 Å². The molecular weight excluding hydrogens is 653 g/mol. The average Bonchev–Trinajstić information content (AvgIpc) is 3.81. The molecule has 3 aromatic rings. The summed E-state index contributed by atoms with van der Waals surface area (Å²) in [6.45, 7) is 5.49. The molecule has 2 N–H and O–H groups in total. The van der Waals surface area contributed by atoms with Gasteiger partial charge in [0.15, 0.2) is 5.78 Å². The third-order valence-corrected chi connectivity index (χ3v) is 11.6. The smallest absolute Gasteiger partial charge is 0.245 e. The van der Waals surface area contributed by atoms with Crippen molar-refractivity contribution in [2.45, 2.75) is 108 Å². The molecule has 2 aliphatic heterocycles. The maximum absolute atomic E-state index is 14.4. The number of Topliss-reactive ketones (excluding diaryl/α,β-unsaturated/α-hetero) is 1. The quantitative estimate of drug-likeness (QED) is 0.292. The van der Waals surface area contributed by atoms with Crippen LogP contribution < -0.4 is 10.6 Å². The lowest BCUT2D eigenvalue weighted by Crippen LogP contribution is -2.51. The van der Waals surface area contributed by atoms with Gasteiger partial charge in [0, 0.05) is 66.6 Å². The largest absolute Gasteiger partial charge is 0.355 e. The first-order valence-corrected chi connectivity index (χ1v) is 17.7. The van der Waals surface area contributed by atoms with Gasteiger partial charge >= 0.3 is 0 Å². The second kappa shape index (κ2) is 12.4. The Kier molecular flexibility index (Phi) is 8.51. The number of ketones is 1. The highest BCUT2D eigenvalue weighted by Crippen LogP contribution is 2.59. The van der Waals surface area contributed by atoms with Gasteiger partial charge in [-0.05, 0) is 75.6 Å². The highest BCUT2D eigenvalue weighted by molar-refractivity contribution is 6.51. The Bertz CT molecular complexity index is 1810. The molecule has 3 fully saturated rings. The number of rotatable bonds is 5. The molecule has 11 nitrogen and oxygen atoms in total. The molecule has 1 saturated heterocycles. The van der Waals surface area contributed by atoms with Crippen LogP contribution in [-0.2, 0) is 27.3 Å². The van der Waals surface area contributed by atoms with Crippen LogP contribution in [0.2, 0.25) is 0 Å². The summed E-state index contributed by atoms with van der Waals surface area (Å²) in [4.78, 5) is 64.4. The summed E-state index contributed by atoms with van der Waals surface area (Å²) in [5.74, 6) is -0.100. The van der Waals surface area contributed by atoms with E-state index in [9.17, 15) is 19.2 Å². The monoisotopic (exact) mass is 693 g/mol. The molecule has 4 aliphatic rings. The Morgan fingerprint density at radius 2 is 1.73 bits per heavy atom. The molecule has 7 rings (SSSR count). The number of amides is 3. The van der Waals surface area contributed by atoms with Crippen molar-refractivity contribution in [1.82, 2.24) is 35.3 Å². The Morgan fingerprint density at radius 1 is 1.02 bits per heavy atom. The van der Waals surface area contributed by atoms with Gasteiger partial charge in [-0.3, -0.25) is 23.9 Å². The first-order valence-electron chi connectivity index (χ1n) is 17.0. The Labute approximate surface area is 289 Å². The third-order valence-electron chi connectivity index (χ3n) is 10.7. The van der Waals surface area contributed by atoms with Crippen LogP contribution in [-0.4, -0.2) is 77.2 Å². The van der Waals surface area contributed by atoms with E-state index in [1.165, 1.54) is 6.92 Å². The van der Waals surface area contributed by atoms with E-state index in [1.54, 1.807) is 22.0 Å². The number of hydrogen-bond acceptors (Lipinski definition) is 7. The summed E-state index contributed by atoms with van der Waals surface area (Å²) in [6, 6.07) is 2.86. The summed E-state index contributed by atoms with van der Waals surface area (Å²) in [7, 11) is 0. The number of alkyl halides is 2. The van der Waals surface area contributed by atoms with Gasteiger partial charge in [0.05, 0.1) is 5.52 Å². The van der Waals surface area contributed by atoms with Crippen LogP contribution in [0, 0.1) is 18.3 Å². The molecule has 2 aliphatic carbocycles. The Morgan fingerprint density at radius 3 is 2.42 bits per heavy atom. The van der Waals surface area contributed by atoms with Crippen molar-refractivity contribution in [3.8, 4) is 11.1 Å². The van der Waals surface area contributed by atoms with Crippen molar-refractivity contribution in [3.63, 3.8) is 0 Å². The van der Waals surface area contributed by atoms with E-state index < -0.39 is 10.4 Å². The van der Waals surface area contributed by atoms with E-state index in [4.69, 9.17) is 28.3 Å². The minimum atomic E-state index is -0.853. The number of aryl methyl sites for hydroxylation is 2. The fourth-order valence-corrected chi connectivity index (χ4v) is 8.58. The maximum atomic E-state index is 14.4. The third kappa shape index (κ3) is 6.19. The summed E-state index contributed by atoms with van der Waals surface area (Å²) < 4.78 is 0.798. The summed E-state index contributed by atoms with van der Waals surface area (Å²) in [5.41, 5.74) is 3.35. The fourth-order valence-electron chi connectivity index (χ4n) is 7.87. The van der Waals surface area contributed by atoms with E-state index in [2.05, 4.69) is 26.7 Å². The zero-order valence-corrected chi connectivity index (χ0v) is 29.0. The molecule has 2 bridgehead atoms. The Hall–Kier alpha value is -3.57. The normalized spacial score (nSPS) is 27.5. The van der Waals surface area contributed by atoms with Gasteiger partial charge in [-0.1, -0.05) is 12.8 Å². The second-order valence-electron chi connectivity index (χ2n) is 14.3. The zero-order valence-electron chi connectivity index (χ0n) is 27.5. The van der Waals surface area contributed by atoms with Gasteiger partial charge in [-0.15, -0.1) is 23.2 Å². The number of nitrogens with zero attached hydrogens (tertiary/aromatic N) is 5.